The fourth-order valence-corrected chi connectivity index (χ4v) is 1.65. The lowest BCUT2D eigenvalue weighted by molar-refractivity contribution is -0.124. The number of hydrogen-bond acceptors (Lipinski definition) is 4. The molecule has 1 aliphatic heterocycles. The van der Waals surface area contributed by atoms with Crippen LogP contribution in [0, 0.1) is 6.92 Å². The van der Waals surface area contributed by atoms with Crippen molar-refractivity contribution in [3.63, 3.8) is 0 Å². The van der Waals surface area contributed by atoms with Gasteiger partial charge in [0.15, 0.2) is 5.82 Å². The molecule has 0 aliphatic carbocycles. The Morgan fingerprint density at radius 1 is 1.65 bits per heavy atom. The zero-order valence-electron chi connectivity index (χ0n) is 9.45. The first kappa shape index (κ1) is 11.4. The van der Waals surface area contributed by atoms with Crippen molar-refractivity contribution in [3.05, 3.63) is 11.8 Å². The minimum absolute atomic E-state index is 0.150. The number of aromatic nitrogens is 1. The van der Waals surface area contributed by atoms with Crippen LogP contribution in [0.25, 0.3) is 0 Å². The van der Waals surface area contributed by atoms with Crippen molar-refractivity contribution in [2.45, 2.75) is 25.8 Å². The van der Waals surface area contributed by atoms with E-state index < -0.39 is 12.1 Å². The third-order valence-electron chi connectivity index (χ3n) is 2.46. The van der Waals surface area contributed by atoms with E-state index in [1.165, 1.54) is 0 Å². The maximum absolute atomic E-state index is 11.6. The van der Waals surface area contributed by atoms with Crippen LogP contribution in [0.4, 0.5) is 10.6 Å². The van der Waals surface area contributed by atoms with Gasteiger partial charge in [0.25, 0.3) is 0 Å². The number of carbonyl (C=O) groups excluding carboxylic acids is 2. The summed E-state index contributed by atoms with van der Waals surface area (Å²) >= 11 is 0. The van der Waals surface area contributed by atoms with E-state index >= 15 is 0 Å². The lowest BCUT2D eigenvalue weighted by atomic mass is 10.1. The Morgan fingerprint density at radius 2 is 2.47 bits per heavy atom. The first-order chi connectivity index (χ1) is 8.15. The topological polar surface area (TPSA) is 96.3 Å². The molecule has 92 valence electrons. The van der Waals surface area contributed by atoms with Crippen LogP contribution in [0.3, 0.4) is 0 Å². The summed E-state index contributed by atoms with van der Waals surface area (Å²) in [6, 6.07) is 0.664. The summed E-state index contributed by atoms with van der Waals surface area (Å²) in [7, 11) is 0. The first-order valence-corrected chi connectivity index (χ1v) is 5.44. The van der Waals surface area contributed by atoms with Crippen LogP contribution in [0.5, 0.6) is 0 Å². The van der Waals surface area contributed by atoms with Crippen LogP contribution < -0.4 is 16.0 Å². The quantitative estimate of drug-likeness (QED) is 0.694. The molecule has 2 heterocycles. The fraction of sp³-hybridized carbons (Fsp3) is 0.500. The second-order valence-corrected chi connectivity index (χ2v) is 3.91. The van der Waals surface area contributed by atoms with Gasteiger partial charge in [0.1, 0.15) is 11.8 Å². The third kappa shape index (κ3) is 2.96. The van der Waals surface area contributed by atoms with E-state index in [4.69, 9.17) is 4.52 Å². The van der Waals surface area contributed by atoms with Crippen LogP contribution in [-0.4, -0.2) is 29.7 Å². The van der Waals surface area contributed by atoms with Gasteiger partial charge in [-0.25, -0.2) is 4.79 Å². The normalized spacial score (nSPS) is 19.6. The Labute approximate surface area is 97.9 Å². The highest BCUT2D eigenvalue weighted by atomic mass is 16.5. The lowest BCUT2D eigenvalue weighted by Crippen LogP contribution is -2.51. The number of rotatable bonds is 2. The molecule has 0 saturated carbocycles. The summed E-state index contributed by atoms with van der Waals surface area (Å²) in [5.74, 6) is 0.787. The number of carbonyl (C=O) groups is 2. The molecule has 1 aromatic heterocycles. The fourth-order valence-electron chi connectivity index (χ4n) is 1.65. The number of hydrogen-bond donors (Lipinski definition) is 3. The van der Waals surface area contributed by atoms with Crippen LogP contribution >= 0.6 is 0 Å². The molecule has 3 N–H and O–H groups in total. The first-order valence-electron chi connectivity index (χ1n) is 5.44. The average Bonchev–Trinajstić information content (AvgIpc) is 2.67. The number of piperidine rings is 1. The molecule has 0 aromatic carbocycles. The molecule has 0 bridgehead atoms. The Morgan fingerprint density at radius 3 is 3.12 bits per heavy atom. The second-order valence-electron chi connectivity index (χ2n) is 3.91. The molecule has 1 aliphatic rings. The van der Waals surface area contributed by atoms with Crippen molar-refractivity contribution in [1.29, 1.82) is 0 Å². The van der Waals surface area contributed by atoms with Gasteiger partial charge in [0.05, 0.1) is 0 Å². The van der Waals surface area contributed by atoms with Crippen molar-refractivity contribution in [1.82, 2.24) is 15.8 Å². The molecule has 1 saturated heterocycles. The van der Waals surface area contributed by atoms with Gasteiger partial charge in [0.2, 0.25) is 5.91 Å². The van der Waals surface area contributed by atoms with E-state index in [1.54, 1.807) is 13.0 Å². The van der Waals surface area contributed by atoms with Crippen molar-refractivity contribution < 1.29 is 14.1 Å². The third-order valence-corrected chi connectivity index (χ3v) is 2.46. The van der Waals surface area contributed by atoms with Crippen molar-refractivity contribution in [2.24, 2.45) is 0 Å². The molecule has 2 rings (SSSR count). The zero-order valence-corrected chi connectivity index (χ0v) is 9.45. The minimum Gasteiger partial charge on any atom is -0.360 e. The Kier molecular flexibility index (Phi) is 3.27. The number of urea groups is 1. The molecular formula is C10H14N4O3. The molecule has 7 nitrogen and oxygen atoms in total. The molecule has 0 unspecified atom stereocenters. The lowest BCUT2D eigenvalue weighted by Gasteiger charge is -2.22. The van der Waals surface area contributed by atoms with Gasteiger partial charge in [-0.1, -0.05) is 5.16 Å². The van der Waals surface area contributed by atoms with Gasteiger partial charge < -0.3 is 15.2 Å². The van der Waals surface area contributed by atoms with Gasteiger partial charge in [-0.3, -0.25) is 10.1 Å². The number of nitrogens with one attached hydrogen (secondary N) is 3. The van der Waals surface area contributed by atoms with Crippen LogP contribution in [0.2, 0.25) is 0 Å². The molecule has 0 radical (unpaired) electrons. The Hall–Kier alpha value is -2.05. The van der Waals surface area contributed by atoms with E-state index in [0.29, 0.717) is 24.5 Å². The van der Waals surface area contributed by atoms with Crippen LogP contribution in [0.1, 0.15) is 18.6 Å². The summed E-state index contributed by atoms with van der Waals surface area (Å²) in [6.45, 7) is 2.39. The van der Waals surface area contributed by atoms with E-state index in [-0.39, 0.29) is 5.91 Å². The van der Waals surface area contributed by atoms with Crippen LogP contribution in [0.15, 0.2) is 10.6 Å². The minimum atomic E-state index is -0.475. The van der Waals surface area contributed by atoms with E-state index in [1.807, 2.05) is 0 Å². The number of aryl methyl sites for hydroxylation is 1. The molecular weight excluding hydrogens is 224 g/mol. The van der Waals surface area contributed by atoms with E-state index in [2.05, 4.69) is 21.1 Å². The maximum Gasteiger partial charge on any atom is 0.321 e. The highest BCUT2D eigenvalue weighted by Crippen LogP contribution is 2.07. The summed E-state index contributed by atoms with van der Waals surface area (Å²) in [6.07, 6.45) is 1.51. The SMILES string of the molecule is Cc1cc(NC(=O)N[C@@H]2CCCNC2=O)no1. The summed E-state index contributed by atoms with van der Waals surface area (Å²) < 4.78 is 4.80. The predicted octanol–water partition coefficient (Wildman–Crippen LogP) is 0.383. The number of anilines is 1. The second kappa shape index (κ2) is 4.86. The van der Waals surface area contributed by atoms with Gasteiger partial charge in [-0.2, -0.15) is 0 Å². The average molecular weight is 238 g/mol. The van der Waals surface area contributed by atoms with Gasteiger partial charge in [-0.05, 0) is 19.8 Å². The van der Waals surface area contributed by atoms with Gasteiger partial charge >= 0.3 is 6.03 Å². The van der Waals surface area contributed by atoms with Crippen LogP contribution in [-0.2, 0) is 4.79 Å². The highest BCUT2D eigenvalue weighted by Gasteiger charge is 2.23. The summed E-state index contributed by atoms with van der Waals surface area (Å²) in [4.78, 5) is 23.0. The standard InChI is InChI=1S/C10H14N4O3/c1-6-5-8(14-17-6)13-10(16)12-7-3-2-4-11-9(7)15/h5,7H,2-4H2,1H3,(H,11,15)(H2,12,13,14,16)/t7-/m1/s1. The molecule has 3 amide bonds. The van der Waals surface area contributed by atoms with E-state index in [9.17, 15) is 9.59 Å². The molecule has 7 heteroatoms. The highest BCUT2D eigenvalue weighted by molar-refractivity contribution is 5.93. The molecule has 0 spiro atoms. The summed E-state index contributed by atoms with van der Waals surface area (Å²) in [5.41, 5.74) is 0. The largest absolute Gasteiger partial charge is 0.360 e. The maximum atomic E-state index is 11.6. The van der Waals surface area contributed by atoms with Crippen molar-refractivity contribution >= 4 is 17.8 Å². The molecule has 1 aromatic rings. The van der Waals surface area contributed by atoms with Gasteiger partial charge in [-0.15, -0.1) is 0 Å². The number of nitrogens with zero attached hydrogens (tertiary/aromatic N) is 1. The zero-order chi connectivity index (χ0) is 12.3. The monoisotopic (exact) mass is 238 g/mol. The van der Waals surface area contributed by atoms with Crippen molar-refractivity contribution in [2.75, 3.05) is 11.9 Å². The Bertz CT molecular complexity index is 429. The van der Waals surface area contributed by atoms with Crippen molar-refractivity contribution in [3.8, 4) is 0 Å². The molecule has 1 atom stereocenters. The predicted molar refractivity (Wildman–Crippen MR) is 59.4 cm³/mol. The van der Waals surface area contributed by atoms with E-state index in [0.717, 1.165) is 6.42 Å². The summed E-state index contributed by atoms with van der Waals surface area (Å²) in [5, 5.41) is 11.4. The number of amides is 3. The Balaban J connectivity index is 1.86. The van der Waals surface area contributed by atoms with Gasteiger partial charge in [0, 0.05) is 12.6 Å². The molecule has 17 heavy (non-hydrogen) atoms. The smallest absolute Gasteiger partial charge is 0.321 e. The molecule has 1 fully saturated rings.